The van der Waals surface area contributed by atoms with Crippen molar-refractivity contribution in [3.63, 3.8) is 0 Å². The highest BCUT2D eigenvalue weighted by molar-refractivity contribution is 7.80. The molecule has 24 heteroatoms. The van der Waals surface area contributed by atoms with Gasteiger partial charge in [-0.3, -0.25) is 43.3 Å². The number of aliphatic imine (C=N–C) groups is 1. The quantitative estimate of drug-likeness (QED) is 0.0203. The Labute approximate surface area is 278 Å². The number of carboxylic acids is 2. The zero-order valence-electron chi connectivity index (χ0n) is 25.5. The molecule has 23 nitrogen and oxygen atoms in total. The molecule has 0 aromatic heterocycles. The van der Waals surface area contributed by atoms with E-state index < -0.39 is 117 Å². The molecule has 0 heterocycles. The fourth-order valence-corrected chi connectivity index (χ4v) is 3.43. The van der Waals surface area contributed by atoms with Crippen LogP contribution in [0.4, 0.5) is 0 Å². The standard InChI is InChI=1S/C24H41N11O12S/c25-11(10-48)20(43)31-6-16(38)29-5-15(37)30-7-17(39)33-12(2-1-3-28-24(26)27)21(44)32-8-18(40)34-13(4-19(41)42)22(45)35-14(9-36)23(46)47/h11-14,36,48H,1-10,25H2,(H,29,38)(H,30,37)(H,31,43)(H,32,44)(H,33,39)(H,34,40)(H,35,45)(H,41,42)(H,46,47)(H4,26,27,28)/t11-,12-,13-,14-/m0/s1. The third kappa shape index (κ3) is 19.3. The lowest BCUT2D eigenvalue weighted by Gasteiger charge is -2.21. The van der Waals surface area contributed by atoms with E-state index in [0.29, 0.717) is 0 Å². The van der Waals surface area contributed by atoms with E-state index in [4.69, 9.17) is 32.5 Å². The summed E-state index contributed by atoms with van der Waals surface area (Å²) in [6.07, 6.45) is -0.874. The zero-order chi connectivity index (χ0) is 36.8. The molecule has 48 heavy (non-hydrogen) atoms. The molecule has 0 fully saturated rings. The summed E-state index contributed by atoms with van der Waals surface area (Å²) in [6, 6.07) is -5.79. The first-order chi connectivity index (χ1) is 22.5. The van der Waals surface area contributed by atoms with Crippen molar-refractivity contribution in [2.24, 2.45) is 22.2 Å². The second-order valence-corrected chi connectivity index (χ2v) is 10.0. The summed E-state index contributed by atoms with van der Waals surface area (Å²) in [5.41, 5.74) is 16.0. The van der Waals surface area contributed by atoms with E-state index in [1.807, 2.05) is 10.6 Å². The molecular weight excluding hydrogens is 666 g/mol. The van der Waals surface area contributed by atoms with Gasteiger partial charge in [0, 0.05) is 12.3 Å². The normalized spacial score (nSPS) is 12.8. The van der Waals surface area contributed by atoms with E-state index in [1.165, 1.54) is 0 Å². The van der Waals surface area contributed by atoms with Gasteiger partial charge in [-0.15, -0.1) is 0 Å². The number of carbonyl (C=O) groups excluding carboxylic acids is 7. The molecule has 7 amide bonds. The lowest BCUT2D eigenvalue weighted by atomic mass is 10.1. The van der Waals surface area contributed by atoms with Crippen LogP contribution in [0.3, 0.4) is 0 Å². The van der Waals surface area contributed by atoms with E-state index in [0.717, 1.165) is 0 Å². The summed E-state index contributed by atoms with van der Waals surface area (Å²) in [6.45, 7) is -3.45. The van der Waals surface area contributed by atoms with Gasteiger partial charge in [0.1, 0.15) is 18.1 Å². The van der Waals surface area contributed by atoms with Crippen molar-refractivity contribution in [3.8, 4) is 0 Å². The van der Waals surface area contributed by atoms with E-state index in [9.17, 15) is 43.2 Å². The molecular formula is C24H41N11O12S. The minimum absolute atomic E-state index is 0.0474. The minimum atomic E-state index is -1.78. The zero-order valence-corrected chi connectivity index (χ0v) is 26.4. The number of carbonyl (C=O) groups is 9. The maximum atomic E-state index is 12.8. The monoisotopic (exact) mass is 707 g/mol. The molecule has 0 aliphatic rings. The molecule has 0 saturated heterocycles. The Kier molecular flexibility index (Phi) is 20.6. The Bertz CT molecular complexity index is 1220. The topological polar surface area (TPSA) is 389 Å². The summed E-state index contributed by atoms with van der Waals surface area (Å²) >= 11 is 3.85. The third-order valence-corrected chi connectivity index (χ3v) is 6.09. The number of thiol groups is 1. The summed E-state index contributed by atoms with van der Waals surface area (Å²) < 4.78 is 0. The molecule has 0 bridgehead atoms. The number of rotatable bonds is 23. The number of guanidine groups is 1. The van der Waals surface area contributed by atoms with Gasteiger partial charge < -0.3 is 69.7 Å². The van der Waals surface area contributed by atoms with Gasteiger partial charge in [0.25, 0.3) is 0 Å². The molecule has 0 aliphatic heterocycles. The SMILES string of the molecule is NC(N)=NCCC[C@H](NC(=O)CNC(=O)CNC(=O)CNC(=O)[C@@H](N)CS)C(=O)NCC(=O)N[C@@H](CC(=O)O)C(=O)N[C@@H](CO)C(=O)O. The number of aliphatic hydroxyl groups excluding tert-OH is 1. The molecule has 0 aromatic carbocycles. The van der Waals surface area contributed by atoms with E-state index in [-0.39, 0.29) is 31.1 Å². The fraction of sp³-hybridized carbons (Fsp3) is 0.583. The van der Waals surface area contributed by atoms with Crippen LogP contribution in [0, 0.1) is 0 Å². The van der Waals surface area contributed by atoms with Gasteiger partial charge in [0.05, 0.1) is 45.2 Å². The molecule has 16 N–H and O–H groups in total. The number of hydrogen-bond acceptors (Lipinski definition) is 13. The van der Waals surface area contributed by atoms with Crippen molar-refractivity contribution in [2.45, 2.75) is 43.4 Å². The lowest BCUT2D eigenvalue weighted by molar-refractivity contribution is -0.144. The number of nitrogens with zero attached hydrogens (tertiary/aromatic N) is 1. The predicted molar refractivity (Wildman–Crippen MR) is 167 cm³/mol. The second-order valence-electron chi connectivity index (χ2n) is 9.65. The highest BCUT2D eigenvalue weighted by atomic mass is 32.1. The van der Waals surface area contributed by atoms with Gasteiger partial charge in [-0.1, -0.05) is 0 Å². The number of amides is 7. The Morgan fingerprint density at radius 3 is 1.67 bits per heavy atom. The number of hydrogen-bond donors (Lipinski definition) is 14. The molecule has 270 valence electrons. The van der Waals surface area contributed by atoms with Gasteiger partial charge in [-0.05, 0) is 12.8 Å². The van der Waals surface area contributed by atoms with Gasteiger partial charge in [-0.2, -0.15) is 12.6 Å². The molecule has 0 spiro atoms. The maximum Gasteiger partial charge on any atom is 0.328 e. The van der Waals surface area contributed by atoms with Crippen LogP contribution in [0.15, 0.2) is 4.99 Å². The summed E-state index contributed by atoms with van der Waals surface area (Å²) in [5.74, 6) is -9.55. The number of nitrogens with one attached hydrogen (secondary N) is 7. The van der Waals surface area contributed by atoms with Crippen LogP contribution in [-0.2, 0) is 43.2 Å². The number of carboxylic acid groups (broad SMARTS) is 2. The van der Waals surface area contributed by atoms with Crippen molar-refractivity contribution in [3.05, 3.63) is 0 Å². The van der Waals surface area contributed by atoms with Gasteiger partial charge in [0.15, 0.2) is 5.96 Å². The summed E-state index contributed by atoms with van der Waals surface area (Å²) in [4.78, 5) is 111. The maximum absolute atomic E-state index is 12.8. The van der Waals surface area contributed by atoms with Crippen LogP contribution < -0.4 is 54.4 Å². The number of aliphatic hydroxyl groups is 1. The fourth-order valence-electron chi connectivity index (χ4n) is 3.26. The van der Waals surface area contributed by atoms with E-state index in [1.54, 1.807) is 0 Å². The van der Waals surface area contributed by atoms with Gasteiger partial charge in [-0.25, -0.2) is 4.79 Å². The van der Waals surface area contributed by atoms with Crippen molar-refractivity contribution >= 4 is 71.9 Å². The first-order valence-electron chi connectivity index (χ1n) is 14.0. The molecule has 0 rings (SSSR count). The summed E-state index contributed by atoms with van der Waals surface area (Å²) in [7, 11) is 0. The second kappa shape index (κ2) is 23.1. The smallest absolute Gasteiger partial charge is 0.328 e. The Morgan fingerprint density at radius 2 is 1.17 bits per heavy atom. The third-order valence-electron chi connectivity index (χ3n) is 5.70. The van der Waals surface area contributed by atoms with Crippen molar-refractivity contribution in [2.75, 3.05) is 45.1 Å². The van der Waals surface area contributed by atoms with Crippen LogP contribution in [0.1, 0.15) is 19.3 Å². The molecule has 0 saturated carbocycles. The van der Waals surface area contributed by atoms with E-state index in [2.05, 4.69) is 44.2 Å². The number of nitrogens with two attached hydrogens (primary N) is 3. The Hall–Kier alpha value is -5.23. The molecule has 0 aromatic rings. The molecule has 0 radical (unpaired) electrons. The number of aliphatic carboxylic acids is 2. The van der Waals surface area contributed by atoms with Crippen LogP contribution in [0.2, 0.25) is 0 Å². The van der Waals surface area contributed by atoms with Crippen molar-refractivity contribution in [1.29, 1.82) is 0 Å². The van der Waals surface area contributed by atoms with Crippen LogP contribution in [-0.4, -0.2) is 144 Å². The Morgan fingerprint density at radius 1 is 0.667 bits per heavy atom. The van der Waals surface area contributed by atoms with Crippen molar-refractivity contribution in [1.82, 2.24) is 37.2 Å². The largest absolute Gasteiger partial charge is 0.481 e. The average molecular weight is 708 g/mol. The molecule has 4 atom stereocenters. The van der Waals surface area contributed by atoms with Crippen LogP contribution in [0.5, 0.6) is 0 Å². The highest BCUT2D eigenvalue weighted by Gasteiger charge is 2.28. The first-order valence-corrected chi connectivity index (χ1v) is 14.6. The first kappa shape index (κ1) is 42.8. The average Bonchev–Trinajstić information content (AvgIpc) is 3.02. The predicted octanol–water partition coefficient (Wildman–Crippen LogP) is -8.23. The summed E-state index contributed by atoms with van der Waals surface area (Å²) in [5, 5.41) is 42.2. The van der Waals surface area contributed by atoms with Gasteiger partial charge in [0.2, 0.25) is 41.4 Å². The van der Waals surface area contributed by atoms with Crippen LogP contribution in [0.25, 0.3) is 0 Å². The minimum Gasteiger partial charge on any atom is -0.481 e. The molecule has 0 aliphatic carbocycles. The van der Waals surface area contributed by atoms with E-state index >= 15 is 0 Å². The van der Waals surface area contributed by atoms with Crippen molar-refractivity contribution < 1.29 is 58.5 Å². The molecule has 0 unspecified atom stereocenters. The Balaban J connectivity index is 5.14. The van der Waals surface area contributed by atoms with Crippen LogP contribution >= 0.6 is 12.6 Å². The highest BCUT2D eigenvalue weighted by Crippen LogP contribution is 2.00. The van der Waals surface area contributed by atoms with Gasteiger partial charge >= 0.3 is 11.9 Å². The lowest BCUT2D eigenvalue weighted by Crippen LogP contribution is -2.55.